The summed E-state index contributed by atoms with van der Waals surface area (Å²) in [6.07, 6.45) is 4.85. The van der Waals surface area contributed by atoms with E-state index in [2.05, 4.69) is 36.1 Å². The molecule has 1 heterocycles. The van der Waals surface area contributed by atoms with Crippen LogP contribution in [0.4, 0.5) is 0 Å². The van der Waals surface area contributed by atoms with Gasteiger partial charge in [-0.05, 0) is 49.3 Å². The van der Waals surface area contributed by atoms with Crippen LogP contribution in [0.1, 0.15) is 30.9 Å². The molecule has 0 amide bonds. The molecule has 1 aromatic carbocycles. The average molecular weight is 266 g/mol. The molecule has 0 saturated heterocycles. The molecular formula is C16H24ClN. The topological polar surface area (TPSA) is 3.24 Å². The summed E-state index contributed by atoms with van der Waals surface area (Å²) in [5.74, 6) is 1.56. The van der Waals surface area contributed by atoms with Gasteiger partial charge in [-0.15, -0.1) is 11.6 Å². The Morgan fingerprint density at radius 1 is 1.11 bits per heavy atom. The Morgan fingerprint density at radius 2 is 1.72 bits per heavy atom. The van der Waals surface area contributed by atoms with Gasteiger partial charge in [0, 0.05) is 19.0 Å². The van der Waals surface area contributed by atoms with E-state index in [9.17, 15) is 0 Å². The summed E-state index contributed by atoms with van der Waals surface area (Å²) in [7, 11) is 0. The van der Waals surface area contributed by atoms with Gasteiger partial charge in [-0.25, -0.2) is 0 Å². The maximum atomic E-state index is 5.79. The summed E-state index contributed by atoms with van der Waals surface area (Å²) in [6.45, 7) is 5.97. The molecule has 2 heteroatoms. The highest BCUT2D eigenvalue weighted by molar-refractivity contribution is 6.17. The monoisotopic (exact) mass is 265 g/mol. The third kappa shape index (κ3) is 4.00. The van der Waals surface area contributed by atoms with E-state index in [1.807, 2.05) is 0 Å². The number of hydrogen-bond acceptors (Lipinski definition) is 1. The predicted molar refractivity (Wildman–Crippen MR) is 79.4 cm³/mol. The number of alkyl halides is 1. The van der Waals surface area contributed by atoms with E-state index in [1.54, 1.807) is 11.1 Å². The van der Waals surface area contributed by atoms with Crippen molar-refractivity contribution >= 4 is 11.6 Å². The zero-order valence-electron chi connectivity index (χ0n) is 11.4. The smallest absolute Gasteiger partial charge is 0.0225 e. The Balaban J connectivity index is 1.81. The molecular weight excluding hydrogens is 242 g/mol. The molecule has 1 aromatic rings. The number of fused-ring (bicyclic) bond motifs is 1. The Labute approximate surface area is 116 Å². The fraction of sp³-hybridized carbons (Fsp3) is 0.625. The number of halogens is 1. The van der Waals surface area contributed by atoms with Crippen LogP contribution in [0.3, 0.4) is 0 Å². The summed E-state index contributed by atoms with van der Waals surface area (Å²) in [4.78, 5) is 2.62. The Hall–Kier alpha value is -0.530. The predicted octanol–water partition coefficient (Wildman–Crippen LogP) is 3.74. The molecule has 0 fully saturated rings. The van der Waals surface area contributed by atoms with Crippen LogP contribution < -0.4 is 0 Å². The van der Waals surface area contributed by atoms with Crippen molar-refractivity contribution in [3.63, 3.8) is 0 Å². The van der Waals surface area contributed by atoms with Crippen LogP contribution in [0.5, 0.6) is 0 Å². The lowest BCUT2D eigenvalue weighted by molar-refractivity contribution is 0.264. The van der Waals surface area contributed by atoms with Crippen molar-refractivity contribution in [2.75, 3.05) is 25.5 Å². The van der Waals surface area contributed by atoms with Gasteiger partial charge in [0.2, 0.25) is 0 Å². The summed E-state index contributed by atoms with van der Waals surface area (Å²) in [5, 5.41) is 0. The lowest BCUT2D eigenvalue weighted by Gasteiger charge is -2.21. The van der Waals surface area contributed by atoms with Gasteiger partial charge >= 0.3 is 0 Å². The molecule has 1 unspecified atom stereocenters. The van der Waals surface area contributed by atoms with Gasteiger partial charge in [0.15, 0.2) is 0 Å². The fourth-order valence-electron chi connectivity index (χ4n) is 2.67. The molecule has 0 spiro atoms. The third-order valence-corrected chi connectivity index (χ3v) is 4.27. The second kappa shape index (κ2) is 7.16. The standard InChI is InChI=1S/C16H24ClN/c1-14(6-10-17)7-11-18-12-8-15-4-2-3-5-16(15)9-13-18/h2-5,14H,6-13H2,1H3. The summed E-state index contributed by atoms with van der Waals surface area (Å²) >= 11 is 5.79. The van der Waals surface area contributed by atoms with Gasteiger partial charge in [0.25, 0.3) is 0 Å². The van der Waals surface area contributed by atoms with E-state index in [1.165, 1.54) is 38.9 Å². The molecule has 1 aliphatic heterocycles. The molecule has 2 rings (SSSR count). The molecule has 0 aromatic heterocycles. The van der Waals surface area contributed by atoms with Crippen LogP contribution in [-0.2, 0) is 12.8 Å². The van der Waals surface area contributed by atoms with Gasteiger partial charge < -0.3 is 4.90 Å². The van der Waals surface area contributed by atoms with Gasteiger partial charge in [-0.1, -0.05) is 31.2 Å². The lowest BCUT2D eigenvalue weighted by Crippen LogP contribution is -2.28. The number of hydrogen-bond donors (Lipinski definition) is 0. The van der Waals surface area contributed by atoms with Crippen LogP contribution >= 0.6 is 11.6 Å². The average Bonchev–Trinajstić information content (AvgIpc) is 2.59. The van der Waals surface area contributed by atoms with E-state index in [0.29, 0.717) is 0 Å². The molecule has 0 bridgehead atoms. The van der Waals surface area contributed by atoms with Crippen molar-refractivity contribution in [3.05, 3.63) is 35.4 Å². The lowest BCUT2D eigenvalue weighted by atomic mass is 10.0. The summed E-state index contributed by atoms with van der Waals surface area (Å²) in [6, 6.07) is 8.90. The van der Waals surface area contributed by atoms with Crippen molar-refractivity contribution in [1.29, 1.82) is 0 Å². The van der Waals surface area contributed by atoms with E-state index < -0.39 is 0 Å². The van der Waals surface area contributed by atoms with Gasteiger partial charge in [-0.3, -0.25) is 0 Å². The van der Waals surface area contributed by atoms with Crippen molar-refractivity contribution in [3.8, 4) is 0 Å². The van der Waals surface area contributed by atoms with Gasteiger partial charge in [0.1, 0.15) is 0 Å². The van der Waals surface area contributed by atoms with Gasteiger partial charge in [0.05, 0.1) is 0 Å². The fourth-order valence-corrected chi connectivity index (χ4v) is 3.04. The van der Waals surface area contributed by atoms with Crippen LogP contribution in [0.15, 0.2) is 24.3 Å². The van der Waals surface area contributed by atoms with Crippen LogP contribution in [-0.4, -0.2) is 30.4 Å². The summed E-state index contributed by atoms with van der Waals surface area (Å²) < 4.78 is 0. The highest BCUT2D eigenvalue weighted by Gasteiger charge is 2.13. The number of rotatable bonds is 5. The third-order valence-electron chi connectivity index (χ3n) is 4.05. The van der Waals surface area contributed by atoms with E-state index in [-0.39, 0.29) is 0 Å². The molecule has 0 saturated carbocycles. The minimum Gasteiger partial charge on any atom is -0.303 e. The Bertz CT molecular complexity index is 337. The second-order valence-corrected chi connectivity index (χ2v) is 5.86. The van der Waals surface area contributed by atoms with E-state index >= 15 is 0 Å². The van der Waals surface area contributed by atoms with E-state index in [0.717, 1.165) is 18.2 Å². The highest BCUT2D eigenvalue weighted by atomic mass is 35.5. The molecule has 1 nitrogen and oxygen atoms in total. The normalized spacial score (nSPS) is 18.1. The minimum atomic E-state index is 0.758. The molecule has 0 aliphatic carbocycles. The van der Waals surface area contributed by atoms with Crippen LogP contribution in [0.25, 0.3) is 0 Å². The molecule has 100 valence electrons. The van der Waals surface area contributed by atoms with Crippen LogP contribution in [0, 0.1) is 5.92 Å². The molecule has 1 atom stereocenters. The van der Waals surface area contributed by atoms with Crippen molar-refractivity contribution in [2.45, 2.75) is 32.6 Å². The Kier molecular flexibility index (Phi) is 5.52. The maximum Gasteiger partial charge on any atom is 0.0225 e. The number of benzene rings is 1. The first-order valence-corrected chi connectivity index (χ1v) is 7.68. The number of nitrogens with zero attached hydrogens (tertiary/aromatic N) is 1. The Morgan fingerprint density at radius 3 is 2.28 bits per heavy atom. The molecule has 18 heavy (non-hydrogen) atoms. The van der Waals surface area contributed by atoms with E-state index in [4.69, 9.17) is 11.6 Å². The first kappa shape index (κ1) is 13.9. The first-order chi connectivity index (χ1) is 8.79. The van der Waals surface area contributed by atoms with Crippen molar-refractivity contribution in [1.82, 2.24) is 4.90 Å². The van der Waals surface area contributed by atoms with Crippen LogP contribution in [0.2, 0.25) is 0 Å². The largest absolute Gasteiger partial charge is 0.303 e. The summed E-state index contributed by atoms with van der Waals surface area (Å²) in [5.41, 5.74) is 3.10. The van der Waals surface area contributed by atoms with Crippen molar-refractivity contribution < 1.29 is 0 Å². The minimum absolute atomic E-state index is 0.758. The zero-order valence-corrected chi connectivity index (χ0v) is 12.1. The molecule has 0 N–H and O–H groups in total. The second-order valence-electron chi connectivity index (χ2n) is 5.48. The molecule has 1 aliphatic rings. The first-order valence-electron chi connectivity index (χ1n) is 7.14. The quantitative estimate of drug-likeness (QED) is 0.733. The SMILES string of the molecule is CC(CCCl)CCN1CCc2ccccc2CC1. The van der Waals surface area contributed by atoms with Gasteiger partial charge in [-0.2, -0.15) is 0 Å². The maximum absolute atomic E-state index is 5.79. The zero-order chi connectivity index (χ0) is 12.8. The highest BCUT2D eigenvalue weighted by Crippen LogP contribution is 2.17. The van der Waals surface area contributed by atoms with Crippen molar-refractivity contribution in [2.24, 2.45) is 5.92 Å². The molecule has 0 radical (unpaired) electrons.